The molecule has 0 aliphatic carbocycles. The average Bonchev–Trinajstić information content (AvgIpc) is 2.74. The lowest BCUT2D eigenvalue weighted by atomic mass is 10.2. The smallest absolute Gasteiger partial charge is 0.257 e. The highest BCUT2D eigenvalue weighted by atomic mass is 32.2. The third-order valence-electron chi connectivity index (χ3n) is 4.99. The van der Waals surface area contributed by atoms with Crippen LogP contribution in [0, 0.1) is 0 Å². The molecule has 0 spiro atoms. The summed E-state index contributed by atoms with van der Waals surface area (Å²) >= 11 is 0. The lowest BCUT2D eigenvalue weighted by molar-refractivity contribution is 0.102. The average molecular weight is 435 g/mol. The van der Waals surface area contributed by atoms with Gasteiger partial charge in [-0.1, -0.05) is 0 Å². The van der Waals surface area contributed by atoms with Gasteiger partial charge in [0.25, 0.3) is 11.5 Å². The number of carbonyl (C=O) groups is 1. The minimum absolute atomic E-state index is 0.193. The third-order valence-corrected chi connectivity index (χ3v) is 6.91. The molecular weight excluding hydrogens is 408 g/mol. The predicted octanol–water partition coefficient (Wildman–Crippen LogP) is 0.683. The molecule has 10 heteroatoms. The first kappa shape index (κ1) is 22.2. The number of hydrogen-bond donors (Lipinski definition) is 1. The summed E-state index contributed by atoms with van der Waals surface area (Å²) in [5.74, 6) is -0.393. The minimum Gasteiger partial charge on any atom is -0.383 e. The van der Waals surface area contributed by atoms with Gasteiger partial charge in [-0.25, -0.2) is 8.42 Å². The highest BCUT2D eigenvalue weighted by Gasteiger charge is 2.27. The first-order chi connectivity index (χ1) is 14.3. The third kappa shape index (κ3) is 5.14. The van der Waals surface area contributed by atoms with Crippen molar-refractivity contribution in [1.82, 2.24) is 13.8 Å². The van der Waals surface area contributed by atoms with E-state index in [9.17, 15) is 18.0 Å². The number of ether oxygens (including phenoxy) is 1. The standard InChI is InChI=1S/C20H26N4O5S/c1-22-9-11-24(12-10-22)30(27,28)18-6-4-17(5-7-18)21-20(26)16-3-8-19(25)23(15-16)13-14-29-2/h3-8,15H,9-14H2,1-2H3,(H,21,26). The first-order valence-corrected chi connectivity index (χ1v) is 11.0. The number of anilines is 1. The maximum atomic E-state index is 12.8. The zero-order valence-electron chi connectivity index (χ0n) is 17.1. The number of hydrogen-bond acceptors (Lipinski definition) is 6. The van der Waals surface area contributed by atoms with E-state index in [2.05, 4.69) is 10.2 Å². The highest BCUT2D eigenvalue weighted by molar-refractivity contribution is 7.89. The number of aromatic nitrogens is 1. The Labute approximate surface area is 175 Å². The Balaban J connectivity index is 1.70. The van der Waals surface area contributed by atoms with Gasteiger partial charge in [0, 0.05) is 57.8 Å². The molecule has 1 aromatic heterocycles. The molecular formula is C20H26N4O5S. The largest absolute Gasteiger partial charge is 0.383 e. The summed E-state index contributed by atoms with van der Waals surface area (Å²) in [5, 5.41) is 2.72. The minimum atomic E-state index is -3.56. The van der Waals surface area contributed by atoms with Crippen LogP contribution in [0.2, 0.25) is 0 Å². The SMILES string of the molecule is COCCn1cc(C(=O)Nc2ccc(S(=O)(=O)N3CCN(C)CC3)cc2)ccc1=O. The van der Waals surface area contributed by atoms with Crippen LogP contribution in [0.1, 0.15) is 10.4 Å². The van der Waals surface area contributed by atoms with Crippen molar-refractivity contribution < 1.29 is 17.9 Å². The van der Waals surface area contributed by atoms with E-state index in [-0.39, 0.29) is 10.5 Å². The topological polar surface area (TPSA) is 101 Å². The lowest BCUT2D eigenvalue weighted by Gasteiger charge is -2.31. The summed E-state index contributed by atoms with van der Waals surface area (Å²) in [5.41, 5.74) is 0.564. The van der Waals surface area contributed by atoms with E-state index in [1.54, 1.807) is 12.1 Å². The monoisotopic (exact) mass is 434 g/mol. The van der Waals surface area contributed by atoms with Crippen LogP contribution in [0.3, 0.4) is 0 Å². The van der Waals surface area contributed by atoms with Gasteiger partial charge in [0.05, 0.1) is 17.1 Å². The summed E-state index contributed by atoms with van der Waals surface area (Å²) in [7, 11) is -0.0578. The lowest BCUT2D eigenvalue weighted by Crippen LogP contribution is -2.46. The molecule has 0 saturated carbocycles. The number of benzene rings is 1. The fourth-order valence-corrected chi connectivity index (χ4v) is 4.54. The van der Waals surface area contributed by atoms with Crippen molar-refractivity contribution in [3.05, 3.63) is 58.5 Å². The second-order valence-electron chi connectivity index (χ2n) is 7.13. The van der Waals surface area contributed by atoms with Crippen LogP contribution in [0.15, 0.2) is 52.3 Å². The Hall–Kier alpha value is -2.53. The zero-order chi connectivity index (χ0) is 21.7. The van der Waals surface area contributed by atoms with Crippen molar-refractivity contribution in [2.24, 2.45) is 0 Å². The molecule has 0 atom stereocenters. The van der Waals surface area contributed by atoms with Crippen molar-refractivity contribution in [3.8, 4) is 0 Å². The Morgan fingerprint density at radius 3 is 2.37 bits per heavy atom. The molecule has 1 N–H and O–H groups in total. The van der Waals surface area contributed by atoms with Gasteiger partial charge in [-0.2, -0.15) is 4.31 Å². The molecule has 1 saturated heterocycles. The van der Waals surface area contributed by atoms with Crippen LogP contribution in [-0.2, 0) is 21.3 Å². The molecule has 0 radical (unpaired) electrons. The van der Waals surface area contributed by atoms with Gasteiger partial charge in [0.2, 0.25) is 10.0 Å². The maximum absolute atomic E-state index is 12.8. The van der Waals surface area contributed by atoms with Gasteiger partial charge in [-0.3, -0.25) is 9.59 Å². The quantitative estimate of drug-likeness (QED) is 0.688. The van der Waals surface area contributed by atoms with Crippen molar-refractivity contribution in [2.75, 3.05) is 52.3 Å². The molecule has 2 heterocycles. The normalized spacial score (nSPS) is 15.8. The number of nitrogens with zero attached hydrogens (tertiary/aromatic N) is 3. The van der Waals surface area contributed by atoms with E-state index in [4.69, 9.17) is 4.74 Å². The predicted molar refractivity (Wildman–Crippen MR) is 113 cm³/mol. The van der Waals surface area contributed by atoms with E-state index in [1.165, 1.54) is 46.4 Å². The number of likely N-dealkylation sites (N-methyl/N-ethyl adjacent to an activating group) is 1. The number of methoxy groups -OCH3 is 1. The van der Waals surface area contributed by atoms with Crippen molar-refractivity contribution in [1.29, 1.82) is 0 Å². The van der Waals surface area contributed by atoms with Crippen LogP contribution in [-0.4, -0.2) is 75.0 Å². The van der Waals surface area contributed by atoms with Crippen molar-refractivity contribution in [3.63, 3.8) is 0 Å². The molecule has 0 unspecified atom stereocenters. The number of amides is 1. The van der Waals surface area contributed by atoms with Crippen LogP contribution < -0.4 is 10.9 Å². The number of nitrogens with one attached hydrogen (secondary N) is 1. The summed E-state index contributed by atoms with van der Waals surface area (Å²) < 4.78 is 33.4. The molecule has 1 aliphatic rings. The molecule has 9 nitrogen and oxygen atoms in total. The summed E-state index contributed by atoms with van der Waals surface area (Å²) in [6, 6.07) is 8.87. The van der Waals surface area contributed by atoms with Crippen LogP contribution in [0.25, 0.3) is 0 Å². The maximum Gasteiger partial charge on any atom is 0.257 e. The number of rotatable bonds is 7. The van der Waals surface area contributed by atoms with Crippen LogP contribution in [0.4, 0.5) is 5.69 Å². The van der Waals surface area contributed by atoms with E-state index < -0.39 is 15.9 Å². The van der Waals surface area contributed by atoms with Crippen molar-refractivity contribution >= 4 is 21.6 Å². The Morgan fingerprint density at radius 2 is 1.73 bits per heavy atom. The Morgan fingerprint density at radius 1 is 1.07 bits per heavy atom. The van der Waals surface area contributed by atoms with E-state index in [1.807, 2.05) is 7.05 Å². The molecule has 2 aromatic rings. The summed E-state index contributed by atoms with van der Waals surface area (Å²) in [6.45, 7) is 3.00. The fourth-order valence-electron chi connectivity index (χ4n) is 3.12. The van der Waals surface area contributed by atoms with Gasteiger partial charge >= 0.3 is 0 Å². The van der Waals surface area contributed by atoms with Gasteiger partial charge in [-0.15, -0.1) is 0 Å². The molecule has 0 bridgehead atoms. The van der Waals surface area contributed by atoms with Gasteiger partial charge in [0.1, 0.15) is 0 Å². The molecule has 162 valence electrons. The van der Waals surface area contributed by atoms with E-state index in [0.29, 0.717) is 50.6 Å². The Bertz CT molecular complexity index is 1040. The second kappa shape index (κ2) is 9.52. The molecule has 1 fully saturated rings. The molecule has 1 aromatic carbocycles. The summed E-state index contributed by atoms with van der Waals surface area (Å²) in [4.78, 5) is 26.7. The van der Waals surface area contributed by atoms with Crippen LogP contribution >= 0.6 is 0 Å². The van der Waals surface area contributed by atoms with Gasteiger partial charge in [0.15, 0.2) is 0 Å². The van der Waals surface area contributed by atoms with Crippen LogP contribution in [0.5, 0.6) is 0 Å². The number of piperazine rings is 1. The van der Waals surface area contributed by atoms with E-state index >= 15 is 0 Å². The van der Waals surface area contributed by atoms with Crippen molar-refractivity contribution in [2.45, 2.75) is 11.4 Å². The zero-order valence-corrected chi connectivity index (χ0v) is 17.9. The fraction of sp³-hybridized carbons (Fsp3) is 0.400. The summed E-state index contributed by atoms with van der Waals surface area (Å²) in [6.07, 6.45) is 1.48. The molecule has 30 heavy (non-hydrogen) atoms. The molecule has 3 rings (SSSR count). The number of carbonyl (C=O) groups excluding carboxylic acids is 1. The number of sulfonamides is 1. The van der Waals surface area contributed by atoms with Gasteiger partial charge < -0.3 is 19.5 Å². The van der Waals surface area contributed by atoms with Gasteiger partial charge in [-0.05, 0) is 37.4 Å². The van der Waals surface area contributed by atoms with E-state index in [0.717, 1.165) is 0 Å². The second-order valence-corrected chi connectivity index (χ2v) is 9.07. The number of pyridine rings is 1. The highest BCUT2D eigenvalue weighted by Crippen LogP contribution is 2.20. The molecule has 1 aliphatic heterocycles. The Kier molecular flexibility index (Phi) is 7.03. The first-order valence-electron chi connectivity index (χ1n) is 9.61. The molecule has 1 amide bonds.